The van der Waals surface area contributed by atoms with E-state index in [9.17, 15) is 0 Å². The first-order chi connectivity index (χ1) is 29.6. The minimum absolute atomic E-state index is 0.0168. The van der Waals surface area contributed by atoms with Crippen LogP contribution >= 0.6 is 0 Å². The Morgan fingerprint density at radius 3 is 1.89 bits per heavy atom. The van der Waals surface area contributed by atoms with Gasteiger partial charge in [-0.15, -0.1) is 0 Å². The zero-order chi connectivity index (χ0) is 43.1. The molecule has 0 radical (unpaired) electrons. The molecular weight excluding hydrogens is 749 g/mol. The van der Waals surface area contributed by atoms with Gasteiger partial charge in [-0.2, -0.15) is 0 Å². The molecule has 0 N–H and O–H groups in total. The van der Waals surface area contributed by atoms with E-state index in [1.54, 1.807) is 0 Å². The first kappa shape index (κ1) is 38.9. The zero-order valence-electron chi connectivity index (χ0n) is 38.2. The first-order valence-corrected chi connectivity index (χ1v) is 22.8. The Morgan fingerprint density at radius 1 is 0.516 bits per heavy atom. The Kier molecular flexibility index (Phi) is 8.32. The Balaban J connectivity index is 1.30. The lowest BCUT2D eigenvalue weighted by Gasteiger charge is -2.52. The van der Waals surface area contributed by atoms with Crippen LogP contribution in [0.25, 0.3) is 0 Å². The van der Waals surface area contributed by atoms with Gasteiger partial charge in [0.15, 0.2) is 0 Å². The van der Waals surface area contributed by atoms with Gasteiger partial charge in [0.2, 0.25) is 0 Å². The lowest BCUT2D eigenvalue weighted by Crippen LogP contribution is -2.61. The van der Waals surface area contributed by atoms with Gasteiger partial charge in [-0.05, 0) is 143 Å². The summed E-state index contributed by atoms with van der Waals surface area (Å²) in [5.74, 6) is 0. The highest BCUT2D eigenvalue weighted by molar-refractivity contribution is 7.00. The fourth-order valence-electron chi connectivity index (χ4n) is 12.0. The average molecular weight is 808 g/mol. The second-order valence-corrected chi connectivity index (χ2v) is 21.1. The number of aryl methyl sites for hydroxylation is 3. The molecule has 0 amide bonds. The predicted octanol–water partition coefficient (Wildman–Crippen LogP) is 13.3. The summed E-state index contributed by atoms with van der Waals surface area (Å²) in [5.41, 5.74) is 23.1. The zero-order valence-corrected chi connectivity index (χ0v) is 38.2. The standard InChI is InChI=1S/C58H58BN3/c1-37-31-38(2)54-46(32-37)57(9)30-29-39-19-14-15-24-45(39)58(57,10)62(54)44-35-51-53-52(36-44)61(43-23-18-20-40(33-43)55(3,4)5)50-34-41(56(6,7)8)27-28-48(50)59(53)47-25-16-17-26-49(47)60(51)42-21-12-11-13-22-42/h11-28,31-36H,29-30H2,1-10H3. The molecule has 0 spiro atoms. The van der Waals surface area contributed by atoms with Crippen molar-refractivity contribution in [1.29, 1.82) is 0 Å². The normalized spacial score (nSPS) is 19.6. The summed E-state index contributed by atoms with van der Waals surface area (Å²) in [7, 11) is 0. The summed E-state index contributed by atoms with van der Waals surface area (Å²) in [6.45, 7) is 23.8. The number of anilines is 8. The molecular formula is C58H58BN3. The van der Waals surface area contributed by atoms with E-state index in [1.165, 1.54) is 101 Å². The van der Waals surface area contributed by atoms with E-state index in [0.717, 1.165) is 12.8 Å². The van der Waals surface area contributed by atoms with Crippen LogP contribution in [-0.4, -0.2) is 6.71 Å². The van der Waals surface area contributed by atoms with Gasteiger partial charge < -0.3 is 14.7 Å². The summed E-state index contributed by atoms with van der Waals surface area (Å²) < 4.78 is 0. The van der Waals surface area contributed by atoms with Gasteiger partial charge >= 0.3 is 0 Å². The van der Waals surface area contributed by atoms with Crippen LogP contribution in [0, 0.1) is 13.8 Å². The summed E-state index contributed by atoms with van der Waals surface area (Å²) in [6, 6.07) is 56.3. The molecule has 1 aliphatic carbocycles. The Hall–Kier alpha value is -6.00. The number of rotatable bonds is 3. The van der Waals surface area contributed by atoms with Crippen LogP contribution in [0.1, 0.15) is 101 Å². The molecule has 11 rings (SSSR count). The first-order valence-electron chi connectivity index (χ1n) is 22.8. The van der Waals surface area contributed by atoms with Crippen LogP contribution in [0.15, 0.2) is 146 Å². The van der Waals surface area contributed by atoms with E-state index in [2.05, 4.69) is 230 Å². The minimum Gasteiger partial charge on any atom is -0.330 e. The van der Waals surface area contributed by atoms with Crippen molar-refractivity contribution in [2.75, 3.05) is 14.7 Å². The number of para-hydroxylation sites is 2. The molecule has 0 fully saturated rings. The highest BCUT2D eigenvalue weighted by Crippen LogP contribution is 2.65. The van der Waals surface area contributed by atoms with Gasteiger partial charge in [0, 0.05) is 50.9 Å². The van der Waals surface area contributed by atoms with E-state index < -0.39 is 0 Å². The van der Waals surface area contributed by atoms with E-state index in [1.807, 2.05) is 0 Å². The van der Waals surface area contributed by atoms with E-state index in [-0.39, 0.29) is 28.5 Å². The lowest BCUT2D eigenvalue weighted by molar-refractivity contribution is 0.245. The molecule has 308 valence electrons. The van der Waals surface area contributed by atoms with Crippen molar-refractivity contribution in [3.63, 3.8) is 0 Å². The number of hydrogen-bond acceptors (Lipinski definition) is 3. The van der Waals surface area contributed by atoms with Crippen LogP contribution in [-0.2, 0) is 28.2 Å². The van der Waals surface area contributed by atoms with Gasteiger partial charge in [0.05, 0.1) is 5.54 Å². The molecule has 4 aliphatic rings. The summed E-state index contributed by atoms with van der Waals surface area (Å²) in [5, 5.41) is 0. The Labute approximate surface area is 370 Å². The molecule has 4 heteroatoms. The molecule has 0 aromatic heterocycles. The maximum atomic E-state index is 2.79. The monoisotopic (exact) mass is 807 g/mol. The van der Waals surface area contributed by atoms with Gasteiger partial charge in [-0.3, -0.25) is 0 Å². The quantitative estimate of drug-likeness (QED) is 0.165. The molecule has 7 aromatic carbocycles. The second-order valence-electron chi connectivity index (χ2n) is 21.1. The molecule has 2 atom stereocenters. The number of hydrogen-bond donors (Lipinski definition) is 0. The van der Waals surface area contributed by atoms with Crippen LogP contribution in [0.5, 0.6) is 0 Å². The summed E-state index contributed by atoms with van der Waals surface area (Å²) in [4.78, 5) is 7.97. The topological polar surface area (TPSA) is 9.72 Å². The second kappa shape index (κ2) is 13.3. The smallest absolute Gasteiger partial charge is 0.252 e. The van der Waals surface area contributed by atoms with Crippen LogP contribution in [0.2, 0.25) is 0 Å². The van der Waals surface area contributed by atoms with Crippen molar-refractivity contribution in [3.05, 3.63) is 185 Å². The predicted molar refractivity (Wildman–Crippen MR) is 265 cm³/mol. The molecule has 3 aliphatic heterocycles. The van der Waals surface area contributed by atoms with Crippen molar-refractivity contribution in [3.8, 4) is 0 Å². The minimum atomic E-state index is -0.351. The molecule has 3 heterocycles. The maximum absolute atomic E-state index is 2.79. The number of benzene rings is 7. The van der Waals surface area contributed by atoms with Crippen molar-refractivity contribution in [1.82, 2.24) is 0 Å². The molecule has 62 heavy (non-hydrogen) atoms. The SMILES string of the molecule is Cc1cc(C)c2c(c1)C1(C)CCc3ccccc3C1(C)N2c1cc2c3c(c1)N(c1cccc(C(C)(C)C)c1)c1cc(C(C)(C)C)ccc1B3c1ccccc1N2c1ccccc1. The van der Waals surface area contributed by atoms with Gasteiger partial charge in [-0.1, -0.05) is 151 Å². The number of fused-ring (bicyclic) bond motifs is 9. The lowest BCUT2D eigenvalue weighted by atomic mass is 9.33. The summed E-state index contributed by atoms with van der Waals surface area (Å²) in [6.07, 6.45) is 2.16. The van der Waals surface area contributed by atoms with Crippen LogP contribution in [0.4, 0.5) is 45.5 Å². The summed E-state index contributed by atoms with van der Waals surface area (Å²) >= 11 is 0. The third-order valence-electron chi connectivity index (χ3n) is 15.3. The largest absolute Gasteiger partial charge is 0.330 e. The van der Waals surface area contributed by atoms with Crippen molar-refractivity contribution >= 4 is 68.6 Å². The maximum Gasteiger partial charge on any atom is 0.252 e. The van der Waals surface area contributed by atoms with E-state index >= 15 is 0 Å². The molecule has 7 aromatic rings. The van der Waals surface area contributed by atoms with Gasteiger partial charge in [0.1, 0.15) is 0 Å². The highest BCUT2D eigenvalue weighted by Gasteiger charge is 2.60. The van der Waals surface area contributed by atoms with E-state index in [0.29, 0.717) is 0 Å². The third-order valence-corrected chi connectivity index (χ3v) is 15.3. The average Bonchev–Trinajstić information content (AvgIpc) is 3.46. The van der Waals surface area contributed by atoms with Gasteiger partial charge in [-0.25, -0.2) is 0 Å². The molecule has 0 saturated carbocycles. The molecule has 2 unspecified atom stereocenters. The van der Waals surface area contributed by atoms with Crippen molar-refractivity contribution < 1.29 is 0 Å². The van der Waals surface area contributed by atoms with E-state index in [4.69, 9.17) is 0 Å². The highest BCUT2D eigenvalue weighted by atomic mass is 15.3. The number of nitrogens with zero attached hydrogens (tertiary/aromatic N) is 3. The van der Waals surface area contributed by atoms with Crippen molar-refractivity contribution in [2.24, 2.45) is 0 Å². The third kappa shape index (κ3) is 5.38. The van der Waals surface area contributed by atoms with Gasteiger partial charge in [0.25, 0.3) is 6.71 Å². The Bertz CT molecular complexity index is 2970. The van der Waals surface area contributed by atoms with Crippen molar-refractivity contribution in [2.45, 2.75) is 104 Å². The van der Waals surface area contributed by atoms with Crippen LogP contribution < -0.4 is 31.1 Å². The Morgan fingerprint density at radius 2 is 1.15 bits per heavy atom. The molecule has 0 bridgehead atoms. The molecule has 3 nitrogen and oxygen atoms in total. The fraction of sp³-hybridized carbons (Fsp3) is 0.276. The van der Waals surface area contributed by atoms with Crippen LogP contribution in [0.3, 0.4) is 0 Å². The molecule has 0 saturated heterocycles. The fourth-order valence-corrected chi connectivity index (χ4v) is 12.0.